The fraction of sp³-hybridized carbons (Fsp3) is 0.333. The molecule has 0 saturated heterocycles. The summed E-state index contributed by atoms with van der Waals surface area (Å²) in [6, 6.07) is 10.2. The first kappa shape index (κ1) is 12.7. The molecule has 3 nitrogen and oxygen atoms in total. The number of hydrogen-bond donors (Lipinski definition) is 1. The molecular weight excluding hydrogens is 226 g/mol. The van der Waals surface area contributed by atoms with Crippen LogP contribution in [0.3, 0.4) is 0 Å². The van der Waals surface area contributed by atoms with E-state index in [4.69, 9.17) is 9.15 Å². The molecule has 0 saturated carbocycles. The Morgan fingerprint density at radius 1 is 1.17 bits per heavy atom. The van der Waals surface area contributed by atoms with Gasteiger partial charge in [-0.05, 0) is 37.2 Å². The van der Waals surface area contributed by atoms with Crippen LogP contribution < -0.4 is 10.1 Å². The van der Waals surface area contributed by atoms with E-state index in [1.807, 2.05) is 25.2 Å². The first-order valence-corrected chi connectivity index (χ1v) is 6.24. The molecule has 2 aromatic rings. The van der Waals surface area contributed by atoms with E-state index in [1.54, 1.807) is 6.26 Å². The summed E-state index contributed by atoms with van der Waals surface area (Å²) in [7, 11) is 1.92. The number of ether oxygens (including phenoxy) is 1. The number of benzene rings is 1. The normalized spacial score (nSPS) is 10.6. The van der Waals surface area contributed by atoms with Crippen LogP contribution in [0.15, 0.2) is 41.0 Å². The van der Waals surface area contributed by atoms with Gasteiger partial charge in [0.15, 0.2) is 0 Å². The van der Waals surface area contributed by atoms with Crippen LogP contribution in [0, 0.1) is 0 Å². The van der Waals surface area contributed by atoms with Crippen molar-refractivity contribution in [1.82, 2.24) is 5.32 Å². The highest BCUT2D eigenvalue weighted by molar-refractivity contribution is 5.27. The van der Waals surface area contributed by atoms with Crippen LogP contribution in [-0.4, -0.2) is 7.05 Å². The van der Waals surface area contributed by atoms with Crippen molar-refractivity contribution in [3.05, 3.63) is 53.5 Å². The Hall–Kier alpha value is -1.74. The molecule has 0 aliphatic carbocycles. The van der Waals surface area contributed by atoms with Crippen LogP contribution in [0.5, 0.6) is 5.75 Å². The Balaban J connectivity index is 1.89. The molecule has 0 bridgehead atoms. The number of aryl methyl sites for hydroxylation is 1. The van der Waals surface area contributed by atoms with Crippen molar-refractivity contribution >= 4 is 0 Å². The van der Waals surface area contributed by atoms with Crippen LogP contribution >= 0.6 is 0 Å². The summed E-state index contributed by atoms with van der Waals surface area (Å²) >= 11 is 0. The maximum atomic E-state index is 5.67. The number of furan rings is 1. The number of nitrogens with one attached hydrogen (secondary N) is 1. The molecule has 0 fully saturated rings. The van der Waals surface area contributed by atoms with Crippen molar-refractivity contribution in [3.63, 3.8) is 0 Å². The molecule has 0 spiro atoms. The monoisotopic (exact) mass is 245 g/mol. The molecule has 2 rings (SSSR count). The Kier molecular flexibility index (Phi) is 4.42. The highest BCUT2D eigenvalue weighted by atomic mass is 16.5. The van der Waals surface area contributed by atoms with E-state index in [2.05, 4.69) is 24.4 Å². The van der Waals surface area contributed by atoms with Gasteiger partial charge in [-0.2, -0.15) is 0 Å². The van der Waals surface area contributed by atoms with Crippen molar-refractivity contribution in [2.75, 3.05) is 7.05 Å². The van der Waals surface area contributed by atoms with Crippen molar-refractivity contribution in [2.45, 2.75) is 26.5 Å². The minimum Gasteiger partial charge on any atom is -0.486 e. The van der Waals surface area contributed by atoms with Gasteiger partial charge in [0, 0.05) is 12.1 Å². The Bertz CT molecular complexity index is 473. The van der Waals surface area contributed by atoms with Gasteiger partial charge >= 0.3 is 0 Å². The molecule has 1 aromatic heterocycles. The van der Waals surface area contributed by atoms with E-state index < -0.39 is 0 Å². The molecular formula is C15H19NO2. The van der Waals surface area contributed by atoms with E-state index in [1.165, 1.54) is 5.56 Å². The second kappa shape index (κ2) is 6.26. The summed E-state index contributed by atoms with van der Waals surface area (Å²) in [5, 5.41) is 3.08. The molecule has 3 heteroatoms. The lowest BCUT2D eigenvalue weighted by Gasteiger charge is -2.04. The Labute approximate surface area is 108 Å². The summed E-state index contributed by atoms with van der Waals surface area (Å²) in [5.74, 6) is 1.72. The first-order chi connectivity index (χ1) is 8.81. The van der Waals surface area contributed by atoms with Gasteiger partial charge in [0.2, 0.25) is 0 Å². The maximum Gasteiger partial charge on any atom is 0.146 e. The highest BCUT2D eigenvalue weighted by Gasteiger charge is 2.02. The molecule has 0 atom stereocenters. The third-order valence-electron chi connectivity index (χ3n) is 2.80. The molecule has 1 N–H and O–H groups in total. The second-order valence-corrected chi connectivity index (χ2v) is 4.24. The van der Waals surface area contributed by atoms with Crippen LogP contribution in [0.25, 0.3) is 0 Å². The van der Waals surface area contributed by atoms with E-state index >= 15 is 0 Å². The van der Waals surface area contributed by atoms with Crippen molar-refractivity contribution < 1.29 is 9.15 Å². The third kappa shape index (κ3) is 3.37. The van der Waals surface area contributed by atoms with E-state index in [-0.39, 0.29) is 0 Å². The quantitative estimate of drug-likeness (QED) is 0.849. The van der Waals surface area contributed by atoms with E-state index in [0.717, 1.165) is 30.0 Å². The van der Waals surface area contributed by atoms with Gasteiger partial charge in [-0.3, -0.25) is 0 Å². The van der Waals surface area contributed by atoms with Crippen molar-refractivity contribution in [2.24, 2.45) is 0 Å². The molecule has 0 amide bonds. The van der Waals surface area contributed by atoms with E-state index in [0.29, 0.717) is 6.61 Å². The summed E-state index contributed by atoms with van der Waals surface area (Å²) in [5.41, 5.74) is 2.45. The molecule has 18 heavy (non-hydrogen) atoms. The zero-order valence-corrected chi connectivity index (χ0v) is 10.9. The molecule has 0 unspecified atom stereocenters. The van der Waals surface area contributed by atoms with Gasteiger partial charge < -0.3 is 14.5 Å². The highest BCUT2D eigenvalue weighted by Crippen LogP contribution is 2.15. The van der Waals surface area contributed by atoms with Crippen LogP contribution in [-0.2, 0) is 19.6 Å². The topological polar surface area (TPSA) is 34.4 Å². The van der Waals surface area contributed by atoms with E-state index in [9.17, 15) is 0 Å². The minimum atomic E-state index is 0.467. The standard InChI is InChI=1S/C15H19NO2/c1-3-12-4-6-14(7-5-12)18-11-15-8-13(9-16-2)10-17-15/h4-8,10,16H,3,9,11H2,1-2H3. The van der Waals surface area contributed by atoms with Gasteiger partial charge in [0.25, 0.3) is 0 Å². The molecule has 0 aliphatic heterocycles. The lowest BCUT2D eigenvalue weighted by Crippen LogP contribution is -2.03. The predicted molar refractivity (Wildman–Crippen MR) is 71.6 cm³/mol. The fourth-order valence-corrected chi connectivity index (χ4v) is 1.77. The largest absolute Gasteiger partial charge is 0.486 e. The van der Waals surface area contributed by atoms with Crippen LogP contribution in [0.2, 0.25) is 0 Å². The SMILES string of the molecule is CCc1ccc(OCc2cc(CNC)co2)cc1. The first-order valence-electron chi connectivity index (χ1n) is 6.24. The van der Waals surface area contributed by atoms with Gasteiger partial charge in [-0.1, -0.05) is 19.1 Å². The summed E-state index contributed by atoms with van der Waals surface area (Å²) in [4.78, 5) is 0. The lowest BCUT2D eigenvalue weighted by molar-refractivity contribution is 0.270. The lowest BCUT2D eigenvalue weighted by atomic mass is 10.2. The molecule has 0 radical (unpaired) electrons. The van der Waals surface area contributed by atoms with Crippen molar-refractivity contribution in [3.8, 4) is 5.75 Å². The van der Waals surface area contributed by atoms with Crippen LogP contribution in [0.4, 0.5) is 0 Å². The number of hydrogen-bond acceptors (Lipinski definition) is 3. The Morgan fingerprint density at radius 2 is 1.94 bits per heavy atom. The summed E-state index contributed by atoms with van der Waals surface area (Å²) in [6.45, 7) is 3.42. The predicted octanol–water partition coefficient (Wildman–Crippen LogP) is 3.14. The molecule has 1 heterocycles. The average molecular weight is 245 g/mol. The Morgan fingerprint density at radius 3 is 2.61 bits per heavy atom. The smallest absolute Gasteiger partial charge is 0.146 e. The van der Waals surface area contributed by atoms with Gasteiger partial charge in [0.05, 0.1) is 6.26 Å². The fourth-order valence-electron chi connectivity index (χ4n) is 1.77. The molecule has 0 aliphatic rings. The summed E-state index contributed by atoms with van der Waals surface area (Å²) in [6.07, 6.45) is 2.81. The zero-order chi connectivity index (χ0) is 12.8. The van der Waals surface area contributed by atoms with Crippen LogP contribution in [0.1, 0.15) is 23.8 Å². The molecule has 1 aromatic carbocycles. The van der Waals surface area contributed by atoms with Gasteiger partial charge in [0.1, 0.15) is 18.1 Å². The summed E-state index contributed by atoms with van der Waals surface area (Å²) < 4.78 is 11.1. The average Bonchev–Trinajstić information content (AvgIpc) is 2.85. The number of rotatable bonds is 6. The minimum absolute atomic E-state index is 0.467. The second-order valence-electron chi connectivity index (χ2n) is 4.24. The molecule has 96 valence electrons. The zero-order valence-electron chi connectivity index (χ0n) is 10.9. The van der Waals surface area contributed by atoms with Crippen molar-refractivity contribution in [1.29, 1.82) is 0 Å². The third-order valence-corrected chi connectivity index (χ3v) is 2.80. The maximum absolute atomic E-state index is 5.67. The van der Waals surface area contributed by atoms with Gasteiger partial charge in [-0.15, -0.1) is 0 Å². The van der Waals surface area contributed by atoms with Gasteiger partial charge in [-0.25, -0.2) is 0 Å².